The Morgan fingerprint density at radius 1 is 1.11 bits per heavy atom. The molecule has 0 unspecified atom stereocenters. The molecule has 0 saturated heterocycles. The van der Waals surface area contributed by atoms with E-state index < -0.39 is 0 Å². The molecule has 0 heterocycles. The van der Waals surface area contributed by atoms with Gasteiger partial charge >= 0.3 is 0 Å². The van der Waals surface area contributed by atoms with Gasteiger partial charge in [-0.2, -0.15) is 0 Å². The maximum atomic E-state index is 5.24. The molecule has 1 rings (SSSR count). The van der Waals surface area contributed by atoms with Crippen molar-refractivity contribution in [3.8, 4) is 5.75 Å². The van der Waals surface area contributed by atoms with E-state index in [1.54, 1.807) is 21.3 Å². The van der Waals surface area contributed by atoms with E-state index in [1.165, 1.54) is 5.56 Å². The van der Waals surface area contributed by atoms with Crippen molar-refractivity contribution in [2.45, 2.75) is 32.2 Å². The summed E-state index contributed by atoms with van der Waals surface area (Å²) < 4.78 is 16.7. The third-order valence-electron chi connectivity index (χ3n) is 3.06. The average molecular weight is 332 g/mol. The Bertz CT molecular complexity index is 396. The summed E-state index contributed by atoms with van der Waals surface area (Å²) in [6.07, 6.45) is -0.260. The van der Waals surface area contributed by atoms with Crippen LogP contribution in [0.15, 0.2) is 22.7 Å². The van der Waals surface area contributed by atoms with Crippen LogP contribution in [-0.4, -0.2) is 33.7 Å². The summed E-state index contributed by atoms with van der Waals surface area (Å²) in [6, 6.07) is 6.32. The lowest BCUT2D eigenvalue weighted by molar-refractivity contribution is -0.120. The molecule has 0 spiro atoms. The minimum absolute atomic E-state index is 0.0888. The highest BCUT2D eigenvalue weighted by atomic mass is 79.9. The molecule has 108 valence electrons. The normalized spacial score (nSPS) is 14.5. The highest BCUT2D eigenvalue weighted by Gasteiger charge is 2.18. The Kier molecular flexibility index (Phi) is 6.79. The van der Waals surface area contributed by atoms with Gasteiger partial charge in [0.05, 0.1) is 17.6 Å². The number of ether oxygens (including phenoxy) is 3. The fourth-order valence-electron chi connectivity index (χ4n) is 2.03. The third kappa shape index (κ3) is 4.45. The molecule has 4 nitrogen and oxygen atoms in total. The molecule has 0 aliphatic heterocycles. The minimum Gasteiger partial charge on any atom is -0.496 e. The van der Waals surface area contributed by atoms with Crippen LogP contribution in [0.25, 0.3) is 0 Å². The molecule has 0 aliphatic carbocycles. The second-order valence-electron chi connectivity index (χ2n) is 4.41. The number of nitrogens with one attached hydrogen (secondary N) is 1. The molecule has 1 N–H and O–H groups in total. The van der Waals surface area contributed by atoms with Crippen LogP contribution < -0.4 is 10.1 Å². The van der Waals surface area contributed by atoms with Crippen LogP contribution in [-0.2, 0) is 9.47 Å². The van der Waals surface area contributed by atoms with Crippen molar-refractivity contribution in [1.29, 1.82) is 0 Å². The van der Waals surface area contributed by atoms with Gasteiger partial charge in [-0.05, 0) is 47.5 Å². The summed E-state index contributed by atoms with van der Waals surface area (Å²) in [5, 5.41) is 3.45. The van der Waals surface area contributed by atoms with Gasteiger partial charge in [-0.15, -0.1) is 0 Å². The molecule has 5 heteroatoms. The predicted molar refractivity (Wildman–Crippen MR) is 79.5 cm³/mol. The van der Waals surface area contributed by atoms with Gasteiger partial charge in [0.1, 0.15) is 5.75 Å². The molecule has 0 radical (unpaired) electrons. The highest BCUT2D eigenvalue weighted by Crippen LogP contribution is 2.28. The molecular formula is C14H22BrNO3. The fourth-order valence-corrected chi connectivity index (χ4v) is 2.58. The maximum Gasteiger partial charge on any atom is 0.171 e. The quantitative estimate of drug-likeness (QED) is 0.779. The smallest absolute Gasteiger partial charge is 0.171 e. The third-order valence-corrected chi connectivity index (χ3v) is 3.68. The molecule has 1 aromatic rings. The first-order chi connectivity index (χ1) is 9.03. The first-order valence-corrected chi connectivity index (χ1v) is 6.97. The molecule has 0 amide bonds. The lowest BCUT2D eigenvalue weighted by atomic mass is 10.1. The van der Waals surface area contributed by atoms with Gasteiger partial charge in [-0.3, -0.25) is 0 Å². The molecule has 0 aliphatic rings. The van der Waals surface area contributed by atoms with Crippen molar-refractivity contribution in [3.05, 3.63) is 28.2 Å². The van der Waals surface area contributed by atoms with Crippen molar-refractivity contribution in [2.24, 2.45) is 0 Å². The van der Waals surface area contributed by atoms with Crippen LogP contribution in [0.4, 0.5) is 0 Å². The summed E-state index contributed by atoms with van der Waals surface area (Å²) in [7, 11) is 4.94. The molecule has 19 heavy (non-hydrogen) atoms. The van der Waals surface area contributed by atoms with E-state index in [1.807, 2.05) is 19.1 Å². The predicted octanol–water partition coefficient (Wildman–Crippen LogP) is 3.12. The van der Waals surface area contributed by atoms with Crippen LogP contribution >= 0.6 is 15.9 Å². The van der Waals surface area contributed by atoms with Crippen molar-refractivity contribution in [3.63, 3.8) is 0 Å². The molecule has 1 aromatic carbocycles. The van der Waals surface area contributed by atoms with Gasteiger partial charge in [-0.25, -0.2) is 0 Å². The fraction of sp³-hybridized carbons (Fsp3) is 0.571. The number of benzene rings is 1. The van der Waals surface area contributed by atoms with Gasteiger partial charge in [0.15, 0.2) is 6.29 Å². The summed E-state index contributed by atoms with van der Waals surface area (Å²) in [4.78, 5) is 0. The Morgan fingerprint density at radius 3 is 2.21 bits per heavy atom. The van der Waals surface area contributed by atoms with Crippen molar-refractivity contribution in [2.75, 3.05) is 21.3 Å². The monoisotopic (exact) mass is 331 g/mol. The van der Waals surface area contributed by atoms with E-state index >= 15 is 0 Å². The Morgan fingerprint density at radius 2 is 1.74 bits per heavy atom. The van der Waals surface area contributed by atoms with Gasteiger partial charge in [0.25, 0.3) is 0 Å². The van der Waals surface area contributed by atoms with E-state index in [9.17, 15) is 0 Å². The van der Waals surface area contributed by atoms with E-state index in [-0.39, 0.29) is 18.4 Å². The molecule has 0 fully saturated rings. The van der Waals surface area contributed by atoms with Gasteiger partial charge in [-0.1, -0.05) is 6.07 Å². The topological polar surface area (TPSA) is 39.7 Å². The molecular weight excluding hydrogens is 310 g/mol. The number of hydrogen-bond donors (Lipinski definition) is 1. The number of rotatable bonds is 7. The van der Waals surface area contributed by atoms with Crippen LogP contribution in [0, 0.1) is 0 Å². The first-order valence-electron chi connectivity index (χ1n) is 6.18. The van der Waals surface area contributed by atoms with Crippen LogP contribution in [0.3, 0.4) is 0 Å². The van der Waals surface area contributed by atoms with Gasteiger partial charge in [0.2, 0.25) is 0 Å². The van der Waals surface area contributed by atoms with Crippen molar-refractivity contribution >= 4 is 15.9 Å². The molecule has 0 bridgehead atoms. The van der Waals surface area contributed by atoms with Crippen LogP contribution in [0.5, 0.6) is 5.75 Å². The first kappa shape index (κ1) is 16.4. The minimum atomic E-state index is -0.260. The van der Waals surface area contributed by atoms with E-state index in [2.05, 4.69) is 34.2 Å². The average Bonchev–Trinajstić information content (AvgIpc) is 2.39. The van der Waals surface area contributed by atoms with Crippen molar-refractivity contribution < 1.29 is 14.2 Å². The van der Waals surface area contributed by atoms with E-state index in [0.717, 1.165) is 10.2 Å². The number of methoxy groups -OCH3 is 3. The van der Waals surface area contributed by atoms with Crippen LogP contribution in [0.2, 0.25) is 0 Å². The molecule has 2 atom stereocenters. The summed E-state index contributed by atoms with van der Waals surface area (Å²) in [5.74, 6) is 0.829. The maximum absolute atomic E-state index is 5.24. The van der Waals surface area contributed by atoms with Gasteiger partial charge < -0.3 is 19.5 Å². The Labute approximate surface area is 123 Å². The molecule has 0 aromatic heterocycles. The number of halogens is 1. The van der Waals surface area contributed by atoms with Crippen LogP contribution in [0.1, 0.15) is 25.5 Å². The highest BCUT2D eigenvalue weighted by molar-refractivity contribution is 9.10. The van der Waals surface area contributed by atoms with E-state index in [4.69, 9.17) is 14.2 Å². The lowest BCUT2D eigenvalue weighted by Gasteiger charge is -2.26. The Balaban J connectivity index is 2.72. The summed E-state index contributed by atoms with van der Waals surface area (Å²) >= 11 is 3.50. The Hall–Kier alpha value is -0.620. The lowest BCUT2D eigenvalue weighted by Crippen LogP contribution is -2.40. The zero-order valence-corrected chi connectivity index (χ0v) is 13.7. The van der Waals surface area contributed by atoms with Gasteiger partial charge in [0, 0.05) is 20.3 Å². The largest absolute Gasteiger partial charge is 0.496 e. The van der Waals surface area contributed by atoms with Crippen molar-refractivity contribution in [1.82, 2.24) is 5.32 Å². The second-order valence-corrected chi connectivity index (χ2v) is 5.27. The summed E-state index contributed by atoms with van der Waals surface area (Å²) in [6.45, 7) is 4.14. The van der Waals surface area contributed by atoms with E-state index in [0.29, 0.717) is 0 Å². The standard InChI is InChI=1S/C14H22BrNO3/c1-9(16-10(2)14(18-4)19-5)11-6-7-13(17-3)12(15)8-11/h6-10,14,16H,1-5H3/t9-,10-/m1/s1. The number of hydrogen-bond acceptors (Lipinski definition) is 4. The zero-order chi connectivity index (χ0) is 14.4. The second kappa shape index (κ2) is 7.85. The summed E-state index contributed by atoms with van der Waals surface area (Å²) in [5.41, 5.74) is 1.17. The zero-order valence-electron chi connectivity index (χ0n) is 12.1. The SMILES string of the molecule is COc1ccc([C@@H](C)N[C@H](C)C(OC)OC)cc1Br. The molecule has 0 saturated carbocycles.